The molecule has 3 rings (SSSR count). The molecule has 1 unspecified atom stereocenters. The zero-order valence-corrected chi connectivity index (χ0v) is 18.3. The average molecular weight is 397 g/mol. The van der Waals surface area contributed by atoms with E-state index in [4.69, 9.17) is 0 Å². The first-order valence-corrected chi connectivity index (χ1v) is 10.4. The lowest BCUT2D eigenvalue weighted by molar-refractivity contribution is -0.123. The predicted molar refractivity (Wildman–Crippen MR) is 119 cm³/mol. The molecule has 1 aromatic carbocycles. The Bertz CT molecular complexity index is 927. The highest BCUT2D eigenvalue weighted by molar-refractivity contribution is 8.18. The minimum Gasteiger partial charge on any atom is -0.363 e. The lowest BCUT2D eigenvalue weighted by atomic mass is 9.87. The van der Waals surface area contributed by atoms with Gasteiger partial charge in [-0.15, -0.1) is 6.58 Å². The Labute approximate surface area is 172 Å². The number of allylic oxidation sites excluding steroid dienone is 1. The standard InChI is InChI=1S/C23H28N2O2S/c1-8-16(5)25-21(26)20(28-22(25)27)12-17-11-18-15(4)13-23(6,7)24(9-2)19(18)10-14(17)3/h8,10-13,16H,1,9H2,2-7H3/b20-12+. The van der Waals surface area contributed by atoms with E-state index in [0.29, 0.717) is 4.91 Å². The van der Waals surface area contributed by atoms with Crippen LogP contribution in [-0.4, -0.2) is 34.2 Å². The molecule has 0 bridgehead atoms. The van der Waals surface area contributed by atoms with Gasteiger partial charge in [-0.2, -0.15) is 0 Å². The molecule has 1 atom stereocenters. The second-order valence-corrected chi connectivity index (χ2v) is 8.97. The van der Waals surface area contributed by atoms with E-state index in [9.17, 15) is 9.59 Å². The van der Waals surface area contributed by atoms with Crippen molar-refractivity contribution in [3.63, 3.8) is 0 Å². The molecule has 4 nitrogen and oxygen atoms in total. The Morgan fingerprint density at radius 3 is 2.54 bits per heavy atom. The summed E-state index contributed by atoms with van der Waals surface area (Å²) in [4.78, 5) is 29.1. The molecular weight excluding hydrogens is 368 g/mol. The fourth-order valence-corrected chi connectivity index (χ4v) is 4.96. The number of carbonyl (C=O) groups excluding carboxylic acids is 2. The van der Waals surface area contributed by atoms with Gasteiger partial charge in [-0.05, 0) is 88.2 Å². The Morgan fingerprint density at radius 2 is 1.93 bits per heavy atom. The third-order valence-electron chi connectivity index (χ3n) is 5.54. The van der Waals surface area contributed by atoms with Crippen LogP contribution in [0.2, 0.25) is 0 Å². The van der Waals surface area contributed by atoms with Crippen LogP contribution in [0.15, 0.2) is 35.8 Å². The summed E-state index contributed by atoms with van der Waals surface area (Å²) in [6.07, 6.45) is 5.75. The topological polar surface area (TPSA) is 40.6 Å². The molecule has 1 fully saturated rings. The summed E-state index contributed by atoms with van der Waals surface area (Å²) in [5.74, 6) is -0.247. The molecule has 2 heterocycles. The number of hydrogen-bond donors (Lipinski definition) is 0. The Kier molecular flexibility index (Phi) is 5.32. The number of benzene rings is 1. The van der Waals surface area contributed by atoms with Gasteiger partial charge in [0, 0.05) is 17.8 Å². The number of amides is 2. The van der Waals surface area contributed by atoms with Crippen LogP contribution in [0.5, 0.6) is 0 Å². The van der Waals surface area contributed by atoms with Gasteiger partial charge in [0.25, 0.3) is 11.1 Å². The summed E-state index contributed by atoms with van der Waals surface area (Å²) in [6.45, 7) is 17.2. The normalized spacial score (nSPS) is 21.1. The zero-order valence-electron chi connectivity index (χ0n) is 17.5. The first kappa shape index (κ1) is 20.5. The van der Waals surface area contributed by atoms with Crippen LogP contribution >= 0.6 is 11.8 Å². The number of aryl methyl sites for hydroxylation is 1. The molecule has 0 spiro atoms. The van der Waals surface area contributed by atoms with Gasteiger partial charge >= 0.3 is 0 Å². The molecule has 2 amide bonds. The van der Waals surface area contributed by atoms with E-state index in [2.05, 4.69) is 64.3 Å². The third-order valence-corrected chi connectivity index (χ3v) is 6.42. The number of thioether (sulfide) groups is 1. The quantitative estimate of drug-likeness (QED) is 0.489. The first-order valence-electron chi connectivity index (χ1n) is 9.62. The Morgan fingerprint density at radius 1 is 1.25 bits per heavy atom. The molecule has 0 aromatic heterocycles. The van der Waals surface area contributed by atoms with Crippen molar-refractivity contribution in [2.45, 2.75) is 53.1 Å². The number of nitrogens with zero attached hydrogens (tertiary/aromatic N) is 2. The second kappa shape index (κ2) is 7.28. The van der Waals surface area contributed by atoms with Crippen molar-refractivity contribution in [2.75, 3.05) is 11.4 Å². The summed E-state index contributed by atoms with van der Waals surface area (Å²) < 4.78 is 0. The molecule has 0 aliphatic carbocycles. The van der Waals surface area contributed by atoms with Crippen molar-refractivity contribution in [3.8, 4) is 0 Å². The summed E-state index contributed by atoms with van der Waals surface area (Å²) in [5, 5.41) is -0.241. The van der Waals surface area contributed by atoms with E-state index in [1.807, 2.05) is 6.08 Å². The van der Waals surface area contributed by atoms with Crippen LogP contribution in [0.25, 0.3) is 11.6 Å². The van der Waals surface area contributed by atoms with Crippen LogP contribution in [0.4, 0.5) is 10.5 Å². The highest BCUT2D eigenvalue weighted by Crippen LogP contribution is 2.41. The zero-order chi connectivity index (χ0) is 20.8. The van der Waals surface area contributed by atoms with E-state index in [1.54, 1.807) is 13.0 Å². The molecular formula is C23H28N2O2S. The highest BCUT2D eigenvalue weighted by atomic mass is 32.2. The van der Waals surface area contributed by atoms with Crippen LogP contribution in [0, 0.1) is 6.92 Å². The maximum atomic E-state index is 12.7. The van der Waals surface area contributed by atoms with Crippen LogP contribution in [0.1, 0.15) is 51.3 Å². The van der Waals surface area contributed by atoms with Gasteiger partial charge < -0.3 is 4.90 Å². The van der Waals surface area contributed by atoms with Crippen molar-refractivity contribution in [1.29, 1.82) is 0 Å². The SMILES string of the molecule is C=CC(C)N1C(=O)S/C(=C/c2cc3c(cc2C)N(CC)C(C)(C)C=C3C)C1=O. The fraction of sp³-hybridized carbons (Fsp3) is 0.391. The maximum Gasteiger partial charge on any atom is 0.294 e. The Hall–Kier alpha value is -2.27. The van der Waals surface area contributed by atoms with Crippen molar-refractivity contribution in [1.82, 2.24) is 4.90 Å². The molecule has 2 aliphatic rings. The minimum atomic E-state index is -0.312. The molecule has 1 saturated heterocycles. The largest absolute Gasteiger partial charge is 0.363 e. The van der Waals surface area contributed by atoms with Crippen molar-refractivity contribution < 1.29 is 9.59 Å². The molecule has 2 aliphatic heterocycles. The number of fused-ring (bicyclic) bond motifs is 1. The highest BCUT2D eigenvalue weighted by Gasteiger charge is 2.37. The van der Waals surface area contributed by atoms with Crippen LogP contribution in [-0.2, 0) is 4.79 Å². The second-order valence-electron chi connectivity index (χ2n) is 7.98. The molecule has 28 heavy (non-hydrogen) atoms. The number of anilines is 1. The molecule has 148 valence electrons. The van der Waals surface area contributed by atoms with E-state index < -0.39 is 0 Å². The number of carbonyl (C=O) groups is 2. The van der Waals surface area contributed by atoms with Gasteiger partial charge in [0.15, 0.2) is 0 Å². The summed E-state index contributed by atoms with van der Waals surface area (Å²) >= 11 is 0.998. The summed E-state index contributed by atoms with van der Waals surface area (Å²) in [5.41, 5.74) is 5.65. The summed E-state index contributed by atoms with van der Waals surface area (Å²) in [7, 11) is 0. The van der Waals surface area contributed by atoms with Gasteiger partial charge in [-0.25, -0.2) is 0 Å². The van der Waals surface area contributed by atoms with Gasteiger partial charge in [0.1, 0.15) is 0 Å². The maximum absolute atomic E-state index is 12.7. The van der Waals surface area contributed by atoms with E-state index in [1.165, 1.54) is 21.7 Å². The van der Waals surface area contributed by atoms with Gasteiger partial charge in [-0.3, -0.25) is 14.5 Å². The van der Waals surface area contributed by atoms with Crippen molar-refractivity contribution >= 4 is 40.2 Å². The molecule has 1 aromatic rings. The monoisotopic (exact) mass is 396 g/mol. The smallest absolute Gasteiger partial charge is 0.294 e. The molecule has 0 N–H and O–H groups in total. The van der Waals surface area contributed by atoms with E-state index >= 15 is 0 Å². The molecule has 0 saturated carbocycles. The van der Waals surface area contributed by atoms with E-state index in [-0.39, 0.29) is 22.7 Å². The van der Waals surface area contributed by atoms with Crippen LogP contribution < -0.4 is 4.90 Å². The minimum absolute atomic E-state index is 0.0384. The van der Waals surface area contributed by atoms with E-state index in [0.717, 1.165) is 29.4 Å². The van der Waals surface area contributed by atoms with Crippen molar-refractivity contribution in [2.24, 2.45) is 0 Å². The average Bonchev–Trinajstić information content (AvgIpc) is 2.89. The van der Waals surface area contributed by atoms with Gasteiger partial charge in [0.05, 0.1) is 16.5 Å². The number of imide groups is 1. The lowest BCUT2D eigenvalue weighted by Gasteiger charge is -2.43. The fourth-order valence-electron chi connectivity index (χ4n) is 4.06. The van der Waals surface area contributed by atoms with Gasteiger partial charge in [-0.1, -0.05) is 12.2 Å². The molecule has 0 radical (unpaired) electrons. The van der Waals surface area contributed by atoms with Gasteiger partial charge in [0.2, 0.25) is 0 Å². The molecule has 5 heteroatoms. The number of hydrogen-bond acceptors (Lipinski definition) is 4. The third kappa shape index (κ3) is 3.32. The number of rotatable bonds is 4. The number of likely N-dealkylation sites (N-methyl/N-ethyl adjacent to an activating group) is 1. The first-order chi connectivity index (χ1) is 13.1. The predicted octanol–water partition coefficient (Wildman–Crippen LogP) is 5.63. The van der Waals surface area contributed by atoms with Crippen LogP contribution in [0.3, 0.4) is 0 Å². The lowest BCUT2D eigenvalue weighted by Crippen LogP contribution is -2.44. The Balaban J connectivity index is 2.06. The summed E-state index contributed by atoms with van der Waals surface area (Å²) in [6, 6.07) is 4.02. The van der Waals surface area contributed by atoms with Crippen molar-refractivity contribution in [3.05, 3.63) is 52.5 Å².